The van der Waals surface area contributed by atoms with E-state index in [0.717, 1.165) is 52.1 Å². The van der Waals surface area contributed by atoms with Gasteiger partial charge >= 0.3 is 0 Å². The Bertz CT molecular complexity index is 1380. The summed E-state index contributed by atoms with van der Waals surface area (Å²) < 4.78 is 0. The average Bonchev–Trinajstić information content (AvgIpc) is 3.00. The summed E-state index contributed by atoms with van der Waals surface area (Å²) in [4.78, 5) is 45.9. The molecular weight excluding hydrogens is 534 g/mol. The Morgan fingerprint density at radius 2 is 1.33 bits per heavy atom. The maximum absolute atomic E-state index is 13.1. The van der Waals surface area contributed by atoms with Crippen LogP contribution in [-0.2, 0) is 0 Å². The maximum atomic E-state index is 13.1. The van der Waals surface area contributed by atoms with E-state index in [4.69, 9.17) is 0 Å². The summed E-state index contributed by atoms with van der Waals surface area (Å²) >= 11 is 0. The van der Waals surface area contributed by atoms with Crippen molar-refractivity contribution in [1.29, 1.82) is 0 Å². The predicted molar refractivity (Wildman–Crippen MR) is 166 cm³/mol. The van der Waals surface area contributed by atoms with Gasteiger partial charge in [-0.15, -0.1) is 5.11 Å². The summed E-state index contributed by atoms with van der Waals surface area (Å²) in [5, 5.41) is 25.1. The van der Waals surface area contributed by atoms with Gasteiger partial charge in [0.25, 0.3) is 17.4 Å². The molecule has 0 aliphatic rings. The fourth-order valence-corrected chi connectivity index (χ4v) is 4.64. The summed E-state index contributed by atoms with van der Waals surface area (Å²) in [6.07, 6.45) is 1.58. The van der Waals surface area contributed by atoms with Crippen molar-refractivity contribution in [2.24, 2.45) is 10.2 Å². The molecule has 1 aromatic heterocycles. The highest BCUT2D eigenvalue weighted by molar-refractivity contribution is 6.01. The van der Waals surface area contributed by atoms with Crippen LogP contribution in [0, 0.1) is 0 Å². The molecule has 226 valence electrons. The third kappa shape index (κ3) is 8.95. The van der Waals surface area contributed by atoms with Gasteiger partial charge < -0.3 is 30.5 Å². The van der Waals surface area contributed by atoms with Crippen LogP contribution >= 0.6 is 0 Å². The Balaban J connectivity index is 1.83. The number of nitrogens with one attached hydrogen (secondary N) is 3. The Labute approximate surface area is 247 Å². The number of para-hydroxylation sites is 1. The lowest BCUT2D eigenvalue weighted by Gasteiger charge is -2.18. The monoisotopic (exact) mass is 577 g/mol. The zero-order valence-electron chi connectivity index (χ0n) is 25.1. The molecule has 4 N–H and O–H groups in total. The number of azo groups is 1. The molecule has 0 aliphatic carbocycles. The molecule has 0 fully saturated rings. The first kappa shape index (κ1) is 32.4. The van der Waals surface area contributed by atoms with Crippen LogP contribution in [0.5, 0.6) is 5.75 Å². The molecule has 1 heterocycles. The Morgan fingerprint density at radius 3 is 1.86 bits per heavy atom. The van der Waals surface area contributed by atoms with Crippen LogP contribution in [0.2, 0.25) is 0 Å². The van der Waals surface area contributed by atoms with E-state index in [1.807, 2.05) is 0 Å². The van der Waals surface area contributed by atoms with Gasteiger partial charge in [0.15, 0.2) is 11.4 Å². The molecule has 2 amide bonds. The molecule has 0 bridgehead atoms. The van der Waals surface area contributed by atoms with Crippen molar-refractivity contribution in [3.63, 3.8) is 0 Å². The van der Waals surface area contributed by atoms with E-state index in [-0.39, 0.29) is 40.1 Å². The molecule has 0 aliphatic heterocycles. The summed E-state index contributed by atoms with van der Waals surface area (Å²) in [7, 11) is 0. The lowest BCUT2D eigenvalue weighted by molar-refractivity contribution is 0.0951. The Hall–Kier alpha value is -4.09. The van der Waals surface area contributed by atoms with Crippen molar-refractivity contribution in [1.82, 2.24) is 25.4 Å². The van der Waals surface area contributed by atoms with Crippen LogP contribution in [0.4, 0.5) is 11.4 Å². The minimum atomic E-state index is -0.608. The molecule has 0 saturated heterocycles. The molecular formula is C31H43N7O4. The summed E-state index contributed by atoms with van der Waals surface area (Å²) in [5.74, 6) is -0.978. The van der Waals surface area contributed by atoms with E-state index >= 15 is 0 Å². The zero-order chi connectivity index (χ0) is 30.5. The number of hydrogen-bond acceptors (Lipinski definition) is 8. The lowest BCUT2D eigenvalue weighted by Crippen LogP contribution is -2.31. The molecule has 0 unspecified atom stereocenters. The van der Waals surface area contributed by atoms with E-state index in [0.29, 0.717) is 24.0 Å². The van der Waals surface area contributed by atoms with Gasteiger partial charge in [0.05, 0.1) is 11.2 Å². The fourth-order valence-electron chi connectivity index (χ4n) is 4.64. The van der Waals surface area contributed by atoms with E-state index in [2.05, 4.69) is 63.3 Å². The molecule has 11 nitrogen and oxygen atoms in total. The predicted octanol–water partition coefficient (Wildman–Crippen LogP) is 4.57. The number of fused-ring (bicyclic) bond motifs is 1. The first-order valence-corrected chi connectivity index (χ1v) is 14.7. The third-order valence-corrected chi connectivity index (χ3v) is 7.24. The molecule has 0 radical (unpaired) electrons. The summed E-state index contributed by atoms with van der Waals surface area (Å²) in [6.45, 7) is 14.9. The smallest absolute Gasteiger partial charge is 0.280 e. The summed E-state index contributed by atoms with van der Waals surface area (Å²) in [5.41, 5.74) is 0.300. The lowest BCUT2D eigenvalue weighted by atomic mass is 10.1. The number of benzene rings is 2. The molecule has 0 spiro atoms. The Kier molecular flexibility index (Phi) is 12.6. The number of carbonyl (C=O) groups is 2. The number of carbonyl (C=O) groups excluding carboxylic acids is 2. The molecule has 11 heteroatoms. The average molecular weight is 578 g/mol. The fraction of sp³-hybridized carbons (Fsp3) is 0.452. The number of rotatable bonds is 16. The molecule has 42 heavy (non-hydrogen) atoms. The van der Waals surface area contributed by atoms with E-state index < -0.39 is 5.56 Å². The number of amides is 2. The highest BCUT2D eigenvalue weighted by Crippen LogP contribution is 2.31. The quantitative estimate of drug-likeness (QED) is 0.145. The van der Waals surface area contributed by atoms with E-state index in [1.165, 1.54) is 18.2 Å². The number of nitrogens with zero attached hydrogens (tertiary/aromatic N) is 4. The van der Waals surface area contributed by atoms with Crippen LogP contribution in [0.3, 0.4) is 0 Å². The topological polar surface area (TPSA) is 142 Å². The van der Waals surface area contributed by atoms with Crippen molar-refractivity contribution in [3.05, 3.63) is 63.9 Å². The van der Waals surface area contributed by atoms with E-state index in [9.17, 15) is 19.5 Å². The van der Waals surface area contributed by atoms with Crippen molar-refractivity contribution in [3.8, 4) is 5.75 Å². The second kappa shape index (κ2) is 16.4. The van der Waals surface area contributed by atoms with Gasteiger partial charge in [-0.2, -0.15) is 5.11 Å². The van der Waals surface area contributed by atoms with Gasteiger partial charge in [0.1, 0.15) is 0 Å². The highest BCUT2D eigenvalue weighted by atomic mass is 16.3. The normalized spacial score (nSPS) is 11.6. The number of pyridine rings is 1. The van der Waals surface area contributed by atoms with Crippen molar-refractivity contribution in [2.75, 3.05) is 52.4 Å². The number of aromatic hydroxyl groups is 1. The van der Waals surface area contributed by atoms with Crippen LogP contribution in [0.1, 0.15) is 61.3 Å². The van der Waals surface area contributed by atoms with Gasteiger partial charge in [0, 0.05) is 29.6 Å². The second-order valence-electron chi connectivity index (χ2n) is 9.94. The van der Waals surface area contributed by atoms with Crippen molar-refractivity contribution < 1.29 is 14.7 Å². The molecule has 0 atom stereocenters. The first-order chi connectivity index (χ1) is 20.3. The number of aromatic amines is 1. The minimum Gasteiger partial charge on any atom is -0.505 e. The second-order valence-corrected chi connectivity index (χ2v) is 9.94. The maximum Gasteiger partial charge on any atom is 0.280 e. The van der Waals surface area contributed by atoms with Gasteiger partial charge in [0.2, 0.25) is 0 Å². The highest BCUT2D eigenvalue weighted by Gasteiger charge is 2.15. The molecule has 3 rings (SSSR count). The molecule has 0 saturated carbocycles. The van der Waals surface area contributed by atoms with Gasteiger partial charge in [-0.3, -0.25) is 14.4 Å². The van der Waals surface area contributed by atoms with Crippen LogP contribution in [0.25, 0.3) is 10.9 Å². The van der Waals surface area contributed by atoms with Crippen LogP contribution in [0.15, 0.2) is 57.5 Å². The first-order valence-electron chi connectivity index (χ1n) is 14.7. The van der Waals surface area contributed by atoms with Crippen molar-refractivity contribution in [2.45, 2.75) is 40.5 Å². The standard InChI is InChI=1S/C31H43N7O4/c1-5-37(6-2)17-11-15-32-29(40)22-19-23(30(41)33-16-12-18-38(7-3)8-4)21-24(20-22)35-36-27-28(39)25-13-9-10-14-26(25)34-31(27)42/h9-10,13-14,19-21H,5-8,11-12,15-18H2,1-4H3,(H,32,40)(H,33,41)(H2,34,39,42). The largest absolute Gasteiger partial charge is 0.505 e. The van der Waals surface area contributed by atoms with Gasteiger partial charge in [-0.1, -0.05) is 39.8 Å². The van der Waals surface area contributed by atoms with Crippen molar-refractivity contribution >= 4 is 34.1 Å². The SMILES string of the molecule is CCN(CC)CCCNC(=O)c1cc(N=Nc2c(O)c3ccccc3[nH]c2=O)cc(C(=O)NCCCN(CC)CC)c1. The number of H-pyrrole nitrogens is 1. The third-order valence-electron chi connectivity index (χ3n) is 7.24. The molecule has 2 aromatic carbocycles. The van der Waals surface area contributed by atoms with Gasteiger partial charge in [-0.05, 0) is 82.4 Å². The minimum absolute atomic E-state index is 0.200. The zero-order valence-corrected chi connectivity index (χ0v) is 25.1. The van der Waals surface area contributed by atoms with E-state index in [1.54, 1.807) is 24.3 Å². The van der Waals surface area contributed by atoms with Crippen LogP contribution in [-0.4, -0.2) is 84.1 Å². The Morgan fingerprint density at radius 1 is 0.810 bits per heavy atom. The van der Waals surface area contributed by atoms with Crippen LogP contribution < -0.4 is 16.2 Å². The van der Waals surface area contributed by atoms with Gasteiger partial charge in [-0.25, -0.2) is 0 Å². The number of aromatic nitrogens is 1. The molecule has 3 aromatic rings. The number of hydrogen-bond donors (Lipinski definition) is 4. The summed E-state index contributed by atoms with van der Waals surface area (Å²) in [6, 6.07) is 11.4.